The molecule has 0 unspecified atom stereocenters. The molecule has 29 heavy (non-hydrogen) atoms. The quantitative estimate of drug-likeness (QED) is 0.665. The van der Waals surface area contributed by atoms with Crippen molar-refractivity contribution in [2.24, 2.45) is 0 Å². The minimum Gasteiger partial charge on any atom is -0.337 e. The highest BCUT2D eigenvalue weighted by Crippen LogP contribution is 2.23. The molecule has 3 aromatic rings. The van der Waals surface area contributed by atoms with Gasteiger partial charge in [-0.2, -0.15) is 15.6 Å². The van der Waals surface area contributed by atoms with Gasteiger partial charge in [-0.3, -0.25) is 9.48 Å². The average Bonchev–Trinajstić information content (AvgIpc) is 3.16. The van der Waals surface area contributed by atoms with E-state index in [0.717, 1.165) is 16.8 Å². The molecule has 0 aliphatic carbocycles. The molecule has 144 valence electrons. The molecule has 2 aromatic heterocycles. The monoisotopic (exact) mass is 386 g/mol. The summed E-state index contributed by atoms with van der Waals surface area (Å²) in [6, 6.07) is 10.4. The van der Waals surface area contributed by atoms with Gasteiger partial charge in [-0.15, -0.1) is 0 Å². The van der Waals surface area contributed by atoms with Crippen molar-refractivity contribution in [3.63, 3.8) is 0 Å². The second kappa shape index (κ2) is 8.63. The van der Waals surface area contributed by atoms with Crippen LogP contribution in [0.15, 0.2) is 42.9 Å². The molecule has 1 amide bonds. The van der Waals surface area contributed by atoms with Crippen LogP contribution in [0, 0.1) is 29.6 Å². The smallest absolute Gasteiger partial charge is 0.252 e. The Bertz CT molecular complexity index is 1100. The number of aryl methyl sites for hydroxylation is 1. The molecule has 3 rings (SSSR count). The van der Waals surface area contributed by atoms with Crippen LogP contribution in [-0.2, 0) is 6.54 Å². The molecule has 2 N–H and O–H groups in total. The maximum absolute atomic E-state index is 12.1. The fourth-order valence-corrected chi connectivity index (χ4v) is 2.60. The predicted octanol–water partition coefficient (Wildman–Crippen LogP) is 2.56. The Hall–Kier alpha value is -4.24. The number of carbonyl (C=O) groups excluding carboxylic acids is 1. The molecule has 1 aromatic carbocycles. The predicted molar refractivity (Wildman–Crippen MR) is 106 cm³/mol. The molecule has 1 atom stereocenters. The van der Waals surface area contributed by atoms with Crippen LogP contribution in [0.5, 0.6) is 0 Å². The Labute approximate surface area is 167 Å². The van der Waals surface area contributed by atoms with Gasteiger partial charge in [-0.25, -0.2) is 9.97 Å². The minimum absolute atomic E-state index is 0.161. The standard InChI is InChI=1S/C20H18N8O/c1-13-10-23-20(26-17-11-24-28(12-17)8-7-21)27-18(13)15-3-5-16(6-4-15)19(29)25-14(2)9-22/h3-6,10-12,14H,8H2,1-2H3,(H,25,29)(H,23,26,27)/t14-/m1/s1. The molecule has 9 heteroatoms. The van der Waals surface area contributed by atoms with Gasteiger partial charge in [0.1, 0.15) is 12.6 Å². The normalized spacial score (nSPS) is 11.2. The summed E-state index contributed by atoms with van der Waals surface area (Å²) in [7, 11) is 0. The molecule has 0 aliphatic rings. The van der Waals surface area contributed by atoms with Crippen LogP contribution in [0.3, 0.4) is 0 Å². The zero-order chi connectivity index (χ0) is 20.8. The van der Waals surface area contributed by atoms with Crippen molar-refractivity contribution >= 4 is 17.5 Å². The maximum atomic E-state index is 12.1. The lowest BCUT2D eigenvalue weighted by Crippen LogP contribution is -2.31. The first-order chi connectivity index (χ1) is 14.0. The van der Waals surface area contributed by atoms with E-state index in [1.54, 1.807) is 49.8 Å². The summed E-state index contributed by atoms with van der Waals surface area (Å²) >= 11 is 0. The first-order valence-electron chi connectivity index (χ1n) is 8.81. The van der Waals surface area contributed by atoms with Gasteiger partial charge in [0.15, 0.2) is 0 Å². The molecule has 0 saturated carbocycles. The fraction of sp³-hybridized carbons (Fsp3) is 0.200. The number of rotatable bonds is 6. The van der Waals surface area contributed by atoms with Gasteiger partial charge in [0, 0.05) is 23.5 Å². The van der Waals surface area contributed by atoms with Gasteiger partial charge in [-0.1, -0.05) is 12.1 Å². The van der Waals surface area contributed by atoms with E-state index in [0.29, 0.717) is 17.2 Å². The fourth-order valence-electron chi connectivity index (χ4n) is 2.60. The number of carbonyl (C=O) groups is 1. The number of nitrogens with zero attached hydrogens (tertiary/aromatic N) is 6. The number of anilines is 2. The number of amides is 1. The van der Waals surface area contributed by atoms with Crippen LogP contribution >= 0.6 is 0 Å². The molecule has 0 aliphatic heterocycles. The van der Waals surface area contributed by atoms with Crippen LogP contribution < -0.4 is 10.6 Å². The number of hydrogen-bond acceptors (Lipinski definition) is 7. The summed E-state index contributed by atoms with van der Waals surface area (Å²) < 4.78 is 1.51. The van der Waals surface area contributed by atoms with E-state index in [-0.39, 0.29) is 12.5 Å². The van der Waals surface area contributed by atoms with Crippen molar-refractivity contribution in [1.82, 2.24) is 25.1 Å². The lowest BCUT2D eigenvalue weighted by atomic mass is 10.1. The number of nitriles is 2. The van der Waals surface area contributed by atoms with Crippen molar-refractivity contribution in [1.29, 1.82) is 10.5 Å². The van der Waals surface area contributed by atoms with Crippen LogP contribution in [-0.4, -0.2) is 31.7 Å². The van der Waals surface area contributed by atoms with E-state index >= 15 is 0 Å². The van der Waals surface area contributed by atoms with Crippen LogP contribution in [0.2, 0.25) is 0 Å². The van der Waals surface area contributed by atoms with Gasteiger partial charge in [0.2, 0.25) is 5.95 Å². The molecule has 0 saturated heterocycles. The van der Waals surface area contributed by atoms with Crippen LogP contribution in [0.4, 0.5) is 11.6 Å². The molecule has 0 spiro atoms. The summed E-state index contributed by atoms with van der Waals surface area (Å²) in [6.07, 6.45) is 5.00. The Kier molecular flexibility index (Phi) is 5.81. The first kappa shape index (κ1) is 19.5. The number of benzene rings is 1. The van der Waals surface area contributed by atoms with Crippen LogP contribution in [0.25, 0.3) is 11.3 Å². The zero-order valence-electron chi connectivity index (χ0n) is 15.9. The third kappa shape index (κ3) is 4.73. The molecule has 0 radical (unpaired) electrons. The maximum Gasteiger partial charge on any atom is 0.252 e. The lowest BCUT2D eigenvalue weighted by Gasteiger charge is -2.10. The summed E-state index contributed by atoms with van der Waals surface area (Å²) in [5.41, 5.74) is 3.58. The third-order valence-electron chi connectivity index (χ3n) is 4.06. The second-order valence-corrected chi connectivity index (χ2v) is 6.34. The van der Waals surface area contributed by atoms with Crippen molar-refractivity contribution in [3.05, 3.63) is 54.0 Å². The van der Waals surface area contributed by atoms with Gasteiger partial charge < -0.3 is 10.6 Å². The molecule has 9 nitrogen and oxygen atoms in total. The number of nitrogens with one attached hydrogen (secondary N) is 2. The summed E-state index contributed by atoms with van der Waals surface area (Å²) in [4.78, 5) is 21.0. The Morgan fingerprint density at radius 2 is 2.00 bits per heavy atom. The molecular formula is C20H18N8O. The zero-order valence-corrected chi connectivity index (χ0v) is 15.9. The van der Waals surface area contributed by atoms with Crippen molar-refractivity contribution < 1.29 is 4.79 Å². The topological polar surface area (TPSA) is 132 Å². The summed E-state index contributed by atoms with van der Waals surface area (Å²) in [5, 5.41) is 27.3. The summed E-state index contributed by atoms with van der Waals surface area (Å²) in [6.45, 7) is 3.68. The number of hydrogen-bond donors (Lipinski definition) is 2. The van der Waals surface area contributed by atoms with Gasteiger partial charge in [0.25, 0.3) is 5.91 Å². The Balaban J connectivity index is 1.79. The lowest BCUT2D eigenvalue weighted by molar-refractivity contribution is 0.0948. The van der Waals surface area contributed by atoms with E-state index in [1.807, 2.05) is 19.1 Å². The van der Waals surface area contributed by atoms with Crippen molar-refractivity contribution in [2.75, 3.05) is 5.32 Å². The van der Waals surface area contributed by atoms with E-state index in [9.17, 15) is 4.79 Å². The highest BCUT2D eigenvalue weighted by molar-refractivity contribution is 5.95. The molecule has 0 bridgehead atoms. The SMILES string of the molecule is Cc1cnc(Nc2cnn(CC#N)c2)nc1-c1ccc(C(=O)N[C@H](C)C#N)cc1. The van der Waals surface area contributed by atoms with E-state index in [2.05, 4.69) is 25.7 Å². The van der Waals surface area contributed by atoms with Gasteiger partial charge in [-0.05, 0) is 31.5 Å². The highest BCUT2D eigenvalue weighted by atomic mass is 16.1. The number of aromatic nitrogens is 4. The largest absolute Gasteiger partial charge is 0.337 e. The van der Waals surface area contributed by atoms with Crippen molar-refractivity contribution in [2.45, 2.75) is 26.4 Å². The highest BCUT2D eigenvalue weighted by Gasteiger charge is 2.11. The van der Waals surface area contributed by atoms with E-state index in [4.69, 9.17) is 10.5 Å². The first-order valence-corrected chi connectivity index (χ1v) is 8.81. The van der Waals surface area contributed by atoms with E-state index < -0.39 is 6.04 Å². The van der Waals surface area contributed by atoms with Crippen LogP contribution in [0.1, 0.15) is 22.8 Å². The third-order valence-corrected chi connectivity index (χ3v) is 4.06. The van der Waals surface area contributed by atoms with Gasteiger partial charge >= 0.3 is 0 Å². The average molecular weight is 386 g/mol. The van der Waals surface area contributed by atoms with Crippen molar-refractivity contribution in [3.8, 4) is 23.4 Å². The second-order valence-electron chi connectivity index (χ2n) is 6.34. The van der Waals surface area contributed by atoms with E-state index in [1.165, 1.54) is 4.68 Å². The summed E-state index contributed by atoms with van der Waals surface area (Å²) in [5.74, 6) is 0.0912. The molecule has 0 fully saturated rings. The molecular weight excluding hydrogens is 368 g/mol. The molecule has 2 heterocycles. The minimum atomic E-state index is -0.558. The Morgan fingerprint density at radius 3 is 2.69 bits per heavy atom. The Morgan fingerprint density at radius 1 is 1.24 bits per heavy atom. The van der Waals surface area contributed by atoms with Gasteiger partial charge in [0.05, 0.1) is 29.7 Å².